The van der Waals surface area contributed by atoms with Crippen LogP contribution in [0.25, 0.3) is 0 Å². The van der Waals surface area contributed by atoms with Gasteiger partial charge in [-0.25, -0.2) is 0 Å². The van der Waals surface area contributed by atoms with Crippen LogP contribution in [0.4, 0.5) is 0 Å². The third kappa shape index (κ3) is 2.53. The van der Waals surface area contributed by atoms with Gasteiger partial charge in [0.1, 0.15) is 0 Å². The molecule has 0 bridgehead atoms. The molecule has 0 aliphatic carbocycles. The Morgan fingerprint density at radius 2 is 1.60 bits per heavy atom. The molecule has 0 aromatic rings. The average Bonchev–Trinajstić information content (AvgIpc) is 1.84. The van der Waals surface area contributed by atoms with E-state index in [1.165, 1.54) is 0 Å². The van der Waals surface area contributed by atoms with Gasteiger partial charge in [-0.1, -0.05) is 39.8 Å². The number of nitrogens with two attached hydrogens (primary N) is 1. The Morgan fingerprint density at radius 1 is 1.20 bits per heavy atom. The zero-order valence-corrected chi connectivity index (χ0v) is 7.52. The maximum atomic E-state index is 5.86. The van der Waals surface area contributed by atoms with Crippen LogP contribution in [-0.2, 0) is 0 Å². The Kier molecular flexibility index (Phi) is 3.66. The molecule has 0 aromatic carbocycles. The maximum absolute atomic E-state index is 5.86. The number of hydrogen-bond donors (Lipinski definition) is 1. The lowest BCUT2D eigenvalue weighted by Gasteiger charge is -2.21. The van der Waals surface area contributed by atoms with Gasteiger partial charge in [0, 0.05) is 6.04 Å². The summed E-state index contributed by atoms with van der Waals surface area (Å²) < 4.78 is 0. The fourth-order valence-corrected chi connectivity index (χ4v) is 0.813. The van der Waals surface area contributed by atoms with Gasteiger partial charge in [-0.2, -0.15) is 0 Å². The molecule has 0 aliphatic heterocycles. The number of hydrogen-bond acceptors (Lipinski definition) is 1. The second-order valence-corrected chi connectivity index (χ2v) is 3.50. The van der Waals surface area contributed by atoms with Crippen molar-refractivity contribution in [1.82, 2.24) is 0 Å². The highest BCUT2D eigenvalue weighted by atomic mass is 14.6. The van der Waals surface area contributed by atoms with Gasteiger partial charge in [0.15, 0.2) is 0 Å². The van der Waals surface area contributed by atoms with Crippen molar-refractivity contribution in [1.29, 1.82) is 0 Å². The molecule has 1 nitrogen and oxygen atoms in total. The summed E-state index contributed by atoms with van der Waals surface area (Å²) in [6.07, 6.45) is 0. The minimum Gasteiger partial charge on any atom is -0.324 e. The van der Waals surface area contributed by atoms with E-state index in [2.05, 4.69) is 34.3 Å². The van der Waals surface area contributed by atoms with Crippen LogP contribution >= 0.6 is 0 Å². The van der Waals surface area contributed by atoms with E-state index in [0.29, 0.717) is 11.8 Å². The quantitative estimate of drug-likeness (QED) is 0.599. The van der Waals surface area contributed by atoms with Crippen LogP contribution in [-0.4, -0.2) is 6.04 Å². The zero-order valence-electron chi connectivity index (χ0n) is 7.52. The molecular weight excluding hydrogens is 122 g/mol. The van der Waals surface area contributed by atoms with Gasteiger partial charge in [0.05, 0.1) is 0 Å². The van der Waals surface area contributed by atoms with Crippen LogP contribution in [0, 0.1) is 11.8 Å². The molecule has 0 heterocycles. The van der Waals surface area contributed by atoms with Crippen molar-refractivity contribution < 1.29 is 0 Å². The van der Waals surface area contributed by atoms with Crippen LogP contribution in [0.15, 0.2) is 12.2 Å². The lowest BCUT2D eigenvalue weighted by molar-refractivity contribution is 0.509. The summed E-state index contributed by atoms with van der Waals surface area (Å²) in [5, 5.41) is 0. The van der Waals surface area contributed by atoms with Gasteiger partial charge >= 0.3 is 0 Å². The summed E-state index contributed by atoms with van der Waals surface area (Å²) in [5.41, 5.74) is 7.02. The maximum Gasteiger partial charge on any atom is 0.0276 e. The molecule has 60 valence electrons. The minimum absolute atomic E-state index is 0.167. The van der Waals surface area contributed by atoms with Gasteiger partial charge in [0.25, 0.3) is 0 Å². The van der Waals surface area contributed by atoms with Gasteiger partial charge in [0.2, 0.25) is 0 Å². The topological polar surface area (TPSA) is 26.0 Å². The Morgan fingerprint density at radius 3 is 1.70 bits per heavy atom. The second-order valence-electron chi connectivity index (χ2n) is 3.50. The molecule has 0 unspecified atom stereocenters. The van der Waals surface area contributed by atoms with Gasteiger partial charge in [-0.05, 0) is 11.8 Å². The van der Waals surface area contributed by atoms with Crippen molar-refractivity contribution in [2.75, 3.05) is 0 Å². The lowest BCUT2D eigenvalue weighted by Crippen LogP contribution is -2.30. The molecule has 1 heteroatoms. The highest BCUT2D eigenvalue weighted by Gasteiger charge is 2.13. The Hall–Kier alpha value is -0.300. The molecule has 0 fully saturated rings. The van der Waals surface area contributed by atoms with E-state index < -0.39 is 0 Å². The van der Waals surface area contributed by atoms with E-state index >= 15 is 0 Å². The first-order valence-corrected chi connectivity index (χ1v) is 3.91. The summed E-state index contributed by atoms with van der Waals surface area (Å²) in [7, 11) is 0. The van der Waals surface area contributed by atoms with Crippen molar-refractivity contribution in [2.45, 2.75) is 33.7 Å². The lowest BCUT2D eigenvalue weighted by atomic mass is 9.91. The van der Waals surface area contributed by atoms with E-state index in [1.54, 1.807) is 0 Å². The van der Waals surface area contributed by atoms with Crippen LogP contribution in [0.3, 0.4) is 0 Å². The standard InChI is InChI=1S/C9H19N/c1-6(2)8(5)9(10)7(3)4/h6-7,9H,5,10H2,1-4H3/t9-/m1/s1. The van der Waals surface area contributed by atoms with Crippen LogP contribution in [0.5, 0.6) is 0 Å². The molecule has 2 N–H and O–H groups in total. The largest absolute Gasteiger partial charge is 0.324 e. The second kappa shape index (κ2) is 3.77. The molecule has 0 radical (unpaired) electrons. The molecule has 10 heavy (non-hydrogen) atoms. The molecular formula is C9H19N. The van der Waals surface area contributed by atoms with Crippen molar-refractivity contribution in [3.05, 3.63) is 12.2 Å². The van der Waals surface area contributed by atoms with Crippen molar-refractivity contribution in [2.24, 2.45) is 17.6 Å². The van der Waals surface area contributed by atoms with Crippen molar-refractivity contribution in [3.63, 3.8) is 0 Å². The fraction of sp³-hybridized carbons (Fsp3) is 0.778. The van der Waals surface area contributed by atoms with E-state index in [-0.39, 0.29) is 6.04 Å². The third-order valence-corrected chi connectivity index (χ3v) is 1.89. The first-order valence-electron chi connectivity index (χ1n) is 3.91. The SMILES string of the molecule is C=C(C(C)C)[C@H](N)C(C)C. The monoisotopic (exact) mass is 141 g/mol. The molecule has 0 amide bonds. The van der Waals surface area contributed by atoms with E-state index in [4.69, 9.17) is 5.73 Å². The predicted octanol–water partition coefficient (Wildman–Crippen LogP) is 2.18. The molecule has 0 saturated heterocycles. The zero-order chi connectivity index (χ0) is 8.31. The van der Waals surface area contributed by atoms with Crippen molar-refractivity contribution >= 4 is 0 Å². The van der Waals surface area contributed by atoms with E-state index in [0.717, 1.165) is 5.57 Å². The smallest absolute Gasteiger partial charge is 0.0276 e. The van der Waals surface area contributed by atoms with E-state index in [9.17, 15) is 0 Å². The molecule has 0 spiro atoms. The predicted molar refractivity (Wildman–Crippen MR) is 46.8 cm³/mol. The summed E-state index contributed by atoms with van der Waals surface area (Å²) in [6.45, 7) is 12.5. The normalized spacial score (nSPS) is 14.3. The summed E-state index contributed by atoms with van der Waals surface area (Å²) in [5.74, 6) is 1.02. The van der Waals surface area contributed by atoms with Crippen LogP contribution < -0.4 is 5.73 Å². The first kappa shape index (κ1) is 9.70. The Bertz CT molecular complexity index is 114. The fourth-order valence-electron chi connectivity index (χ4n) is 0.813. The Balaban J connectivity index is 3.95. The van der Waals surface area contributed by atoms with Crippen LogP contribution in [0.1, 0.15) is 27.7 Å². The molecule has 0 aromatic heterocycles. The third-order valence-electron chi connectivity index (χ3n) is 1.89. The van der Waals surface area contributed by atoms with Crippen LogP contribution in [0.2, 0.25) is 0 Å². The highest BCUT2D eigenvalue weighted by Crippen LogP contribution is 2.15. The Labute approximate surface area is 64.3 Å². The average molecular weight is 141 g/mol. The van der Waals surface area contributed by atoms with Gasteiger partial charge in [-0.15, -0.1) is 0 Å². The van der Waals surface area contributed by atoms with Crippen molar-refractivity contribution in [3.8, 4) is 0 Å². The number of rotatable bonds is 3. The van der Waals surface area contributed by atoms with Gasteiger partial charge in [-0.3, -0.25) is 0 Å². The van der Waals surface area contributed by atoms with Gasteiger partial charge < -0.3 is 5.73 Å². The van der Waals surface area contributed by atoms with E-state index in [1.807, 2.05) is 0 Å². The summed E-state index contributed by atoms with van der Waals surface area (Å²) in [6, 6.07) is 0.167. The summed E-state index contributed by atoms with van der Waals surface area (Å²) in [4.78, 5) is 0. The summed E-state index contributed by atoms with van der Waals surface area (Å²) >= 11 is 0. The molecule has 0 rings (SSSR count). The minimum atomic E-state index is 0.167. The first-order chi connectivity index (χ1) is 4.46. The molecule has 0 saturated carbocycles. The molecule has 1 atom stereocenters. The molecule has 0 aliphatic rings. The highest BCUT2D eigenvalue weighted by molar-refractivity contribution is 5.07.